The van der Waals surface area contributed by atoms with E-state index in [1.165, 1.54) is 12.3 Å². The molecular weight excluding hydrogens is 221 g/mol. The molecule has 0 aliphatic carbocycles. The number of hydrogen-bond acceptors (Lipinski definition) is 3. The SMILES string of the molecule is CC1CC(CN)CN1C(=O)c1ccncc1F. The molecule has 17 heavy (non-hydrogen) atoms. The van der Waals surface area contributed by atoms with Crippen LogP contribution in [0.3, 0.4) is 0 Å². The Morgan fingerprint density at radius 3 is 3.06 bits per heavy atom. The number of pyridine rings is 1. The lowest BCUT2D eigenvalue weighted by atomic mass is 10.1. The van der Waals surface area contributed by atoms with Gasteiger partial charge >= 0.3 is 0 Å². The van der Waals surface area contributed by atoms with Gasteiger partial charge in [0.15, 0.2) is 5.82 Å². The molecule has 1 saturated heterocycles. The molecule has 2 N–H and O–H groups in total. The lowest BCUT2D eigenvalue weighted by Gasteiger charge is -2.21. The minimum absolute atomic E-state index is 0.0875. The fraction of sp³-hybridized carbons (Fsp3) is 0.500. The second-order valence-corrected chi connectivity index (χ2v) is 4.50. The van der Waals surface area contributed by atoms with Crippen LogP contribution in [-0.2, 0) is 0 Å². The maximum atomic E-state index is 13.5. The summed E-state index contributed by atoms with van der Waals surface area (Å²) in [6, 6.07) is 1.53. The third-order valence-electron chi connectivity index (χ3n) is 3.26. The Bertz CT molecular complexity index is 424. The lowest BCUT2D eigenvalue weighted by Crippen LogP contribution is -2.35. The Hall–Kier alpha value is -1.49. The van der Waals surface area contributed by atoms with Gasteiger partial charge in [0.25, 0.3) is 5.91 Å². The summed E-state index contributed by atoms with van der Waals surface area (Å²) in [7, 11) is 0. The molecule has 4 nitrogen and oxygen atoms in total. The number of nitrogens with zero attached hydrogens (tertiary/aromatic N) is 2. The topological polar surface area (TPSA) is 59.2 Å². The monoisotopic (exact) mass is 237 g/mol. The van der Waals surface area contributed by atoms with Crippen LogP contribution in [0, 0.1) is 11.7 Å². The predicted octanol–water partition coefficient (Wildman–Crippen LogP) is 1.03. The van der Waals surface area contributed by atoms with Gasteiger partial charge in [-0.3, -0.25) is 9.78 Å². The summed E-state index contributed by atoms with van der Waals surface area (Å²) in [6.07, 6.45) is 3.38. The van der Waals surface area contributed by atoms with Crippen molar-refractivity contribution in [2.24, 2.45) is 11.7 Å². The van der Waals surface area contributed by atoms with Gasteiger partial charge in [0.2, 0.25) is 0 Å². The first-order valence-corrected chi connectivity index (χ1v) is 5.74. The van der Waals surface area contributed by atoms with Crippen molar-refractivity contribution >= 4 is 5.91 Å². The highest BCUT2D eigenvalue weighted by Crippen LogP contribution is 2.24. The third kappa shape index (κ3) is 2.29. The van der Waals surface area contributed by atoms with Gasteiger partial charge in [-0.2, -0.15) is 0 Å². The van der Waals surface area contributed by atoms with Crippen LogP contribution < -0.4 is 5.73 Å². The van der Waals surface area contributed by atoms with Crippen molar-refractivity contribution in [2.75, 3.05) is 13.1 Å². The summed E-state index contributed by atoms with van der Waals surface area (Å²) in [6.45, 7) is 3.14. The molecule has 92 valence electrons. The minimum Gasteiger partial charge on any atom is -0.336 e. The number of halogens is 1. The van der Waals surface area contributed by atoms with Crippen molar-refractivity contribution < 1.29 is 9.18 Å². The molecule has 1 aliphatic heterocycles. The maximum Gasteiger partial charge on any atom is 0.257 e. The van der Waals surface area contributed by atoms with Gasteiger partial charge in [-0.1, -0.05) is 0 Å². The van der Waals surface area contributed by atoms with Crippen molar-refractivity contribution in [2.45, 2.75) is 19.4 Å². The predicted molar refractivity (Wildman–Crippen MR) is 61.9 cm³/mol. The molecule has 2 unspecified atom stereocenters. The Morgan fingerprint density at radius 1 is 1.71 bits per heavy atom. The van der Waals surface area contributed by atoms with E-state index in [4.69, 9.17) is 5.73 Å². The zero-order valence-corrected chi connectivity index (χ0v) is 9.77. The molecule has 0 radical (unpaired) electrons. The Labute approximate surface area is 99.6 Å². The van der Waals surface area contributed by atoms with Gasteiger partial charge in [-0.15, -0.1) is 0 Å². The second-order valence-electron chi connectivity index (χ2n) is 4.50. The maximum absolute atomic E-state index is 13.5. The van der Waals surface area contributed by atoms with E-state index in [0.29, 0.717) is 19.0 Å². The van der Waals surface area contributed by atoms with Gasteiger partial charge in [-0.05, 0) is 31.9 Å². The summed E-state index contributed by atoms with van der Waals surface area (Å²) in [5, 5.41) is 0. The molecule has 1 amide bonds. The van der Waals surface area contributed by atoms with E-state index in [0.717, 1.165) is 12.6 Å². The first kappa shape index (κ1) is 12.0. The Balaban J connectivity index is 2.19. The van der Waals surface area contributed by atoms with Crippen LogP contribution in [0.1, 0.15) is 23.7 Å². The van der Waals surface area contributed by atoms with Crippen molar-refractivity contribution in [1.29, 1.82) is 0 Å². The largest absolute Gasteiger partial charge is 0.336 e. The number of likely N-dealkylation sites (tertiary alicyclic amines) is 1. The molecule has 1 aromatic heterocycles. The highest BCUT2D eigenvalue weighted by Gasteiger charge is 2.32. The van der Waals surface area contributed by atoms with E-state index in [1.807, 2.05) is 6.92 Å². The fourth-order valence-corrected chi connectivity index (χ4v) is 2.30. The summed E-state index contributed by atoms with van der Waals surface area (Å²) in [4.78, 5) is 17.5. The standard InChI is InChI=1S/C12H16FN3O/c1-8-4-9(5-14)7-16(8)12(17)10-2-3-15-6-11(10)13/h2-3,6,8-9H,4-5,7,14H2,1H3. The van der Waals surface area contributed by atoms with E-state index < -0.39 is 5.82 Å². The molecule has 1 aliphatic rings. The molecule has 1 aromatic rings. The average Bonchev–Trinajstić information content (AvgIpc) is 2.70. The first-order valence-electron chi connectivity index (χ1n) is 5.74. The normalized spacial score (nSPS) is 24.1. The van der Waals surface area contributed by atoms with Crippen molar-refractivity contribution in [3.05, 3.63) is 29.8 Å². The zero-order chi connectivity index (χ0) is 12.4. The van der Waals surface area contributed by atoms with Gasteiger partial charge in [-0.25, -0.2) is 4.39 Å². The van der Waals surface area contributed by atoms with E-state index >= 15 is 0 Å². The number of carbonyl (C=O) groups excluding carboxylic acids is 1. The van der Waals surface area contributed by atoms with Crippen LogP contribution in [0.2, 0.25) is 0 Å². The van der Waals surface area contributed by atoms with E-state index in [1.54, 1.807) is 4.90 Å². The van der Waals surface area contributed by atoms with Crippen LogP contribution >= 0.6 is 0 Å². The van der Waals surface area contributed by atoms with Crippen LogP contribution in [0.25, 0.3) is 0 Å². The minimum atomic E-state index is -0.569. The summed E-state index contributed by atoms with van der Waals surface area (Å²) < 4.78 is 13.5. The number of rotatable bonds is 2. The van der Waals surface area contributed by atoms with Crippen molar-refractivity contribution in [1.82, 2.24) is 9.88 Å². The zero-order valence-electron chi connectivity index (χ0n) is 9.77. The number of aromatic nitrogens is 1. The van der Waals surface area contributed by atoms with E-state index in [9.17, 15) is 9.18 Å². The van der Waals surface area contributed by atoms with Crippen LogP contribution in [0.15, 0.2) is 18.5 Å². The summed E-state index contributed by atoms with van der Waals surface area (Å²) >= 11 is 0. The highest BCUT2D eigenvalue weighted by molar-refractivity contribution is 5.94. The van der Waals surface area contributed by atoms with Crippen LogP contribution in [0.4, 0.5) is 4.39 Å². The van der Waals surface area contributed by atoms with Crippen molar-refractivity contribution in [3.63, 3.8) is 0 Å². The van der Waals surface area contributed by atoms with Gasteiger partial charge in [0, 0.05) is 18.8 Å². The first-order chi connectivity index (χ1) is 8.13. The molecule has 0 saturated carbocycles. The molecule has 1 fully saturated rings. The van der Waals surface area contributed by atoms with E-state index in [2.05, 4.69) is 4.98 Å². The van der Waals surface area contributed by atoms with Gasteiger partial charge in [0.1, 0.15) is 0 Å². The van der Waals surface area contributed by atoms with Gasteiger partial charge in [0.05, 0.1) is 11.8 Å². The molecule has 2 atom stereocenters. The number of carbonyl (C=O) groups is 1. The molecule has 0 aromatic carbocycles. The second kappa shape index (κ2) is 4.79. The molecule has 2 rings (SSSR count). The van der Waals surface area contributed by atoms with Crippen LogP contribution in [-0.4, -0.2) is 34.9 Å². The molecule has 0 spiro atoms. The highest BCUT2D eigenvalue weighted by atomic mass is 19.1. The third-order valence-corrected chi connectivity index (χ3v) is 3.26. The number of hydrogen-bond donors (Lipinski definition) is 1. The Kier molecular flexibility index (Phi) is 3.38. The molecule has 2 heterocycles. The van der Waals surface area contributed by atoms with Crippen LogP contribution in [0.5, 0.6) is 0 Å². The average molecular weight is 237 g/mol. The lowest BCUT2D eigenvalue weighted by molar-refractivity contribution is 0.0738. The summed E-state index contributed by atoms with van der Waals surface area (Å²) in [5.41, 5.74) is 5.69. The summed E-state index contributed by atoms with van der Waals surface area (Å²) in [5.74, 6) is -0.520. The molecule has 0 bridgehead atoms. The Morgan fingerprint density at radius 2 is 2.47 bits per heavy atom. The molecular formula is C12H16FN3O. The van der Waals surface area contributed by atoms with Gasteiger partial charge < -0.3 is 10.6 Å². The number of amides is 1. The van der Waals surface area contributed by atoms with E-state index in [-0.39, 0.29) is 17.5 Å². The number of nitrogens with two attached hydrogens (primary N) is 1. The molecule has 5 heteroatoms. The quantitative estimate of drug-likeness (QED) is 0.835. The fourth-order valence-electron chi connectivity index (χ4n) is 2.30. The smallest absolute Gasteiger partial charge is 0.257 e. The van der Waals surface area contributed by atoms with Crippen molar-refractivity contribution in [3.8, 4) is 0 Å².